The second-order valence-electron chi connectivity index (χ2n) is 5.36. The number of piperazine rings is 1. The maximum absolute atomic E-state index is 10.8. The monoisotopic (exact) mass is 376 g/mol. The molecule has 0 spiro atoms. The molecule has 0 unspecified atom stereocenters. The van der Waals surface area contributed by atoms with Crippen LogP contribution in [0.25, 0.3) is 0 Å². The fraction of sp³-hybridized carbons (Fsp3) is 0.333. The second kappa shape index (κ2) is 6.91. The number of amides is 1. The van der Waals surface area contributed by atoms with Gasteiger partial charge in [0.1, 0.15) is 0 Å². The van der Waals surface area contributed by atoms with Crippen LogP contribution in [0.3, 0.4) is 0 Å². The Labute approximate surface area is 142 Å². The van der Waals surface area contributed by atoms with Gasteiger partial charge in [0.05, 0.1) is 6.20 Å². The lowest BCUT2D eigenvalue weighted by molar-refractivity contribution is -0.118. The average Bonchev–Trinajstić information content (AvgIpc) is 2.58. The molecule has 0 atom stereocenters. The molecule has 3 rings (SSSR count). The van der Waals surface area contributed by atoms with Crippen LogP contribution in [0.5, 0.6) is 0 Å². The third kappa shape index (κ3) is 3.76. The summed E-state index contributed by atoms with van der Waals surface area (Å²) in [5, 5.41) is 11.2. The van der Waals surface area contributed by atoms with Gasteiger partial charge in [-0.05, 0) is 24.6 Å². The van der Waals surface area contributed by atoms with Gasteiger partial charge in [0.25, 0.3) is 0 Å². The third-order valence-electron chi connectivity index (χ3n) is 3.76. The highest BCUT2D eigenvalue weighted by molar-refractivity contribution is 9.10. The lowest BCUT2D eigenvalue weighted by Gasteiger charge is -2.33. The Kier molecular flexibility index (Phi) is 4.71. The molecule has 120 valence electrons. The van der Waals surface area contributed by atoms with Crippen LogP contribution in [0.1, 0.15) is 5.56 Å². The van der Waals surface area contributed by atoms with E-state index in [2.05, 4.69) is 41.3 Å². The topological polar surface area (TPSA) is 74.2 Å². The second-order valence-corrected chi connectivity index (χ2v) is 6.21. The van der Waals surface area contributed by atoms with Gasteiger partial charge in [0, 0.05) is 36.3 Å². The molecule has 7 nitrogen and oxygen atoms in total. The normalized spacial score (nSPS) is 14.7. The minimum Gasteiger partial charge on any atom is -0.352 e. The molecule has 2 aromatic rings. The maximum atomic E-state index is 10.8. The number of halogens is 1. The lowest BCUT2D eigenvalue weighted by Crippen LogP contribution is -2.46. The molecule has 1 fully saturated rings. The van der Waals surface area contributed by atoms with Crippen LogP contribution >= 0.6 is 15.9 Å². The summed E-state index contributed by atoms with van der Waals surface area (Å²) in [7, 11) is 0. The van der Waals surface area contributed by atoms with Gasteiger partial charge >= 0.3 is 0 Å². The van der Waals surface area contributed by atoms with Gasteiger partial charge in [-0.1, -0.05) is 22.0 Å². The first-order valence-corrected chi connectivity index (χ1v) is 8.12. The number of carbonyl (C=O) groups is 1. The number of hydrogen-bond acceptors (Lipinski definition) is 6. The third-order valence-corrected chi connectivity index (χ3v) is 4.62. The number of aryl methyl sites for hydroxylation is 1. The van der Waals surface area contributed by atoms with Crippen LogP contribution in [0.2, 0.25) is 0 Å². The number of nitrogens with zero attached hydrogens (tertiary/aromatic N) is 5. The summed E-state index contributed by atoms with van der Waals surface area (Å²) >= 11 is 3.51. The van der Waals surface area contributed by atoms with Crippen molar-refractivity contribution in [3.8, 4) is 0 Å². The van der Waals surface area contributed by atoms with Crippen molar-refractivity contribution in [1.82, 2.24) is 20.1 Å². The predicted octanol–water partition coefficient (Wildman–Crippen LogP) is 1.96. The zero-order valence-corrected chi connectivity index (χ0v) is 14.3. The highest BCUT2D eigenvalue weighted by Gasteiger charge is 2.17. The average molecular weight is 377 g/mol. The van der Waals surface area contributed by atoms with Crippen molar-refractivity contribution in [2.24, 2.45) is 0 Å². The lowest BCUT2D eigenvalue weighted by atomic mass is 10.2. The van der Waals surface area contributed by atoms with E-state index in [1.54, 1.807) is 11.1 Å². The van der Waals surface area contributed by atoms with Crippen molar-refractivity contribution in [3.63, 3.8) is 0 Å². The van der Waals surface area contributed by atoms with Crippen molar-refractivity contribution in [3.05, 3.63) is 34.4 Å². The van der Waals surface area contributed by atoms with Crippen molar-refractivity contribution < 1.29 is 4.79 Å². The van der Waals surface area contributed by atoms with Crippen LogP contribution < -0.4 is 10.2 Å². The van der Waals surface area contributed by atoms with E-state index in [9.17, 15) is 4.79 Å². The summed E-state index contributed by atoms with van der Waals surface area (Å²) in [6.45, 7) is 4.91. The number of carbonyl (C=O) groups excluding carboxylic acids is 1. The first-order chi connectivity index (χ1) is 11.2. The van der Waals surface area contributed by atoms with Crippen LogP contribution in [-0.2, 0) is 4.79 Å². The molecule has 1 amide bonds. The van der Waals surface area contributed by atoms with E-state index >= 15 is 0 Å². The molecule has 1 aromatic carbocycles. The van der Waals surface area contributed by atoms with Crippen molar-refractivity contribution in [1.29, 1.82) is 0 Å². The Morgan fingerprint density at radius 2 is 2.04 bits per heavy atom. The quantitative estimate of drug-likeness (QED) is 0.822. The van der Waals surface area contributed by atoms with Crippen LogP contribution in [0.4, 0.5) is 17.5 Å². The molecule has 8 heteroatoms. The molecular weight excluding hydrogens is 360 g/mol. The Balaban J connectivity index is 1.72. The van der Waals surface area contributed by atoms with E-state index in [0.29, 0.717) is 19.0 Å². The minimum atomic E-state index is 0.455. The largest absolute Gasteiger partial charge is 0.352 e. The summed E-state index contributed by atoms with van der Waals surface area (Å²) in [6, 6.07) is 5.97. The summed E-state index contributed by atoms with van der Waals surface area (Å²) in [5.41, 5.74) is 2.06. The van der Waals surface area contributed by atoms with Gasteiger partial charge in [0.2, 0.25) is 12.4 Å². The number of aromatic nitrogens is 3. The molecule has 1 aliphatic rings. The molecule has 0 aliphatic carbocycles. The Bertz CT molecular complexity index is 702. The minimum absolute atomic E-state index is 0.455. The Morgan fingerprint density at radius 1 is 1.26 bits per heavy atom. The number of nitrogens with one attached hydrogen (secondary N) is 1. The molecule has 1 saturated heterocycles. The SMILES string of the molecule is Cc1ccc(Nc2nncc(N3CCN(C=O)CC3)n2)cc1Br. The van der Waals surface area contributed by atoms with E-state index in [0.717, 1.165) is 41.0 Å². The number of hydrogen-bond donors (Lipinski definition) is 1. The standard InChI is InChI=1S/C15H17BrN6O/c1-11-2-3-12(8-13(11)16)18-15-19-14(9-17-20-15)22-6-4-21(10-23)5-7-22/h2-3,8-10H,4-7H2,1H3,(H,18,19,20). The zero-order valence-electron chi connectivity index (χ0n) is 12.7. The molecule has 0 bridgehead atoms. The molecule has 1 aromatic heterocycles. The van der Waals surface area contributed by atoms with Crippen molar-refractivity contribution in [2.45, 2.75) is 6.92 Å². The van der Waals surface area contributed by atoms with E-state index in [4.69, 9.17) is 0 Å². The van der Waals surface area contributed by atoms with Gasteiger partial charge in [-0.25, -0.2) is 0 Å². The predicted molar refractivity (Wildman–Crippen MR) is 91.8 cm³/mol. The zero-order chi connectivity index (χ0) is 16.2. The first kappa shape index (κ1) is 15.7. The number of benzene rings is 1. The summed E-state index contributed by atoms with van der Waals surface area (Å²) in [6.07, 6.45) is 2.53. The van der Waals surface area contributed by atoms with E-state index in [1.165, 1.54) is 0 Å². The van der Waals surface area contributed by atoms with Gasteiger partial charge in [-0.15, -0.1) is 5.10 Å². The van der Waals surface area contributed by atoms with E-state index in [-0.39, 0.29) is 0 Å². The fourth-order valence-corrected chi connectivity index (χ4v) is 2.74. The van der Waals surface area contributed by atoms with Crippen LogP contribution in [0.15, 0.2) is 28.9 Å². The summed E-state index contributed by atoms with van der Waals surface area (Å²) < 4.78 is 1.02. The maximum Gasteiger partial charge on any atom is 0.249 e. The fourth-order valence-electron chi connectivity index (χ4n) is 2.36. The summed E-state index contributed by atoms with van der Waals surface area (Å²) in [4.78, 5) is 19.1. The highest BCUT2D eigenvalue weighted by Crippen LogP contribution is 2.23. The first-order valence-electron chi connectivity index (χ1n) is 7.33. The van der Waals surface area contributed by atoms with Gasteiger partial charge in [-0.2, -0.15) is 10.1 Å². The summed E-state index contributed by atoms with van der Waals surface area (Å²) in [5.74, 6) is 1.22. The van der Waals surface area contributed by atoms with Crippen molar-refractivity contribution in [2.75, 3.05) is 36.4 Å². The molecule has 1 aliphatic heterocycles. The number of rotatable bonds is 4. The van der Waals surface area contributed by atoms with E-state index in [1.807, 2.05) is 25.1 Å². The van der Waals surface area contributed by atoms with Crippen molar-refractivity contribution >= 4 is 39.8 Å². The molecular formula is C15H17BrN6O. The molecule has 2 heterocycles. The van der Waals surface area contributed by atoms with Gasteiger partial charge < -0.3 is 15.1 Å². The number of anilines is 3. The smallest absolute Gasteiger partial charge is 0.249 e. The van der Waals surface area contributed by atoms with Gasteiger partial charge in [0.15, 0.2) is 5.82 Å². The van der Waals surface area contributed by atoms with Crippen LogP contribution in [-0.4, -0.2) is 52.7 Å². The Hall–Kier alpha value is -2.22. The molecule has 1 N–H and O–H groups in total. The molecule has 0 radical (unpaired) electrons. The van der Waals surface area contributed by atoms with Crippen LogP contribution in [0, 0.1) is 6.92 Å². The Morgan fingerprint density at radius 3 is 2.74 bits per heavy atom. The highest BCUT2D eigenvalue weighted by atomic mass is 79.9. The molecule has 0 saturated carbocycles. The van der Waals surface area contributed by atoms with Gasteiger partial charge in [-0.3, -0.25) is 4.79 Å². The van der Waals surface area contributed by atoms with E-state index < -0.39 is 0 Å². The molecule has 23 heavy (non-hydrogen) atoms.